The van der Waals surface area contributed by atoms with E-state index in [0.717, 1.165) is 0 Å². The maximum Gasteiger partial charge on any atom is 0.0554 e. The molecule has 2 nitrogen and oxygen atoms in total. The fourth-order valence-electron chi connectivity index (χ4n) is 0.450. The lowest BCUT2D eigenvalue weighted by atomic mass is 10.2. The Morgan fingerprint density at radius 2 is 2.12 bits per heavy atom. The van der Waals surface area contributed by atoms with Gasteiger partial charge < -0.3 is 5.21 Å². The van der Waals surface area contributed by atoms with E-state index in [2.05, 4.69) is 0 Å². The summed E-state index contributed by atoms with van der Waals surface area (Å²) in [6.07, 6.45) is 0. The Kier molecular flexibility index (Phi) is 3.83. The molecule has 0 aromatic rings. The quantitative estimate of drug-likeness (QED) is 0.565. The normalized spacial score (nSPS) is 11.2. The van der Waals surface area contributed by atoms with Crippen molar-refractivity contribution < 1.29 is 5.21 Å². The minimum atomic E-state index is 0.431. The van der Waals surface area contributed by atoms with E-state index < -0.39 is 0 Å². The molecule has 0 saturated heterocycles. The first-order valence-corrected chi connectivity index (χ1v) is 2.97. The van der Waals surface area contributed by atoms with Gasteiger partial charge in [0.15, 0.2) is 0 Å². The molecule has 0 unspecified atom stereocenters. The third kappa shape index (κ3) is 4.09. The van der Waals surface area contributed by atoms with Crippen LogP contribution < -0.4 is 0 Å². The molecular weight excluding hydrogens is 102 g/mol. The summed E-state index contributed by atoms with van der Waals surface area (Å²) in [7, 11) is 0. The van der Waals surface area contributed by atoms with Gasteiger partial charge in [0, 0.05) is 6.54 Å². The highest BCUT2D eigenvalue weighted by molar-refractivity contribution is 4.62. The van der Waals surface area contributed by atoms with Gasteiger partial charge in [0.2, 0.25) is 0 Å². The van der Waals surface area contributed by atoms with Gasteiger partial charge in [-0.2, -0.15) is 5.06 Å². The van der Waals surface area contributed by atoms with E-state index in [1.54, 1.807) is 6.54 Å². The van der Waals surface area contributed by atoms with Crippen LogP contribution in [0.15, 0.2) is 0 Å². The zero-order valence-electron chi connectivity index (χ0n) is 5.76. The first-order valence-electron chi connectivity index (χ1n) is 2.97. The number of nitrogens with zero attached hydrogens (tertiary/aromatic N) is 1. The minimum Gasteiger partial charge on any atom is -0.314 e. The monoisotopic (exact) mass is 116 g/mol. The van der Waals surface area contributed by atoms with E-state index in [0.29, 0.717) is 12.5 Å². The Morgan fingerprint density at radius 3 is 2.25 bits per heavy atom. The topological polar surface area (TPSA) is 23.5 Å². The summed E-state index contributed by atoms with van der Waals surface area (Å²) in [5.41, 5.74) is 0. The average Bonchev–Trinajstić information content (AvgIpc) is 1.65. The molecule has 1 radical (unpaired) electrons. The van der Waals surface area contributed by atoms with Gasteiger partial charge in [-0.05, 0) is 5.92 Å². The van der Waals surface area contributed by atoms with Crippen molar-refractivity contribution in [2.75, 3.05) is 6.54 Å². The lowest BCUT2D eigenvalue weighted by Crippen LogP contribution is -2.17. The van der Waals surface area contributed by atoms with Crippen LogP contribution in [0.1, 0.15) is 20.8 Å². The highest BCUT2D eigenvalue weighted by Gasteiger charge is 1.98. The summed E-state index contributed by atoms with van der Waals surface area (Å²) in [5, 5.41) is 10.0. The molecule has 0 aromatic heterocycles. The van der Waals surface area contributed by atoms with Crippen molar-refractivity contribution >= 4 is 0 Å². The number of hydroxylamine groups is 2. The molecule has 0 aliphatic carbocycles. The van der Waals surface area contributed by atoms with E-state index in [1.165, 1.54) is 5.06 Å². The van der Waals surface area contributed by atoms with Crippen LogP contribution in [0.25, 0.3) is 0 Å². The van der Waals surface area contributed by atoms with Gasteiger partial charge in [-0.1, -0.05) is 20.8 Å². The predicted molar refractivity (Wildman–Crippen MR) is 33.3 cm³/mol. The molecule has 0 spiro atoms. The zero-order valence-corrected chi connectivity index (χ0v) is 5.76. The third-order valence-electron chi connectivity index (χ3n) is 0.794. The largest absolute Gasteiger partial charge is 0.314 e. The minimum absolute atomic E-state index is 0.431. The van der Waals surface area contributed by atoms with E-state index in [4.69, 9.17) is 5.21 Å². The number of hydrogen-bond acceptors (Lipinski definition) is 2. The molecule has 0 bridgehead atoms. The van der Waals surface area contributed by atoms with Gasteiger partial charge in [-0.15, -0.1) is 0 Å². The molecule has 0 atom stereocenters. The molecule has 0 rings (SSSR count). The van der Waals surface area contributed by atoms with E-state index in [-0.39, 0.29) is 0 Å². The fourth-order valence-corrected chi connectivity index (χ4v) is 0.450. The first-order chi connectivity index (χ1) is 3.66. The molecule has 0 amide bonds. The van der Waals surface area contributed by atoms with Crippen LogP contribution in [0.2, 0.25) is 0 Å². The molecule has 1 N–H and O–H groups in total. The molecular formula is C6H14NO. The maximum absolute atomic E-state index is 8.81. The van der Waals surface area contributed by atoms with E-state index >= 15 is 0 Å². The second-order valence-corrected chi connectivity index (χ2v) is 2.15. The molecule has 2 heteroatoms. The van der Waals surface area contributed by atoms with Gasteiger partial charge in [-0.3, -0.25) is 0 Å². The number of rotatable bonds is 3. The predicted octanol–water partition coefficient (Wildman–Crippen LogP) is 1.52. The Labute approximate surface area is 51.1 Å². The van der Waals surface area contributed by atoms with Gasteiger partial charge in [-0.25, -0.2) is 0 Å². The number of hydrogen-bond donors (Lipinski definition) is 1. The third-order valence-corrected chi connectivity index (χ3v) is 0.794. The lowest BCUT2D eigenvalue weighted by Gasteiger charge is -2.12. The van der Waals surface area contributed by atoms with Crippen molar-refractivity contribution in [1.82, 2.24) is 5.06 Å². The van der Waals surface area contributed by atoms with Crippen LogP contribution in [0.4, 0.5) is 0 Å². The second-order valence-electron chi connectivity index (χ2n) is 2.15. The van der Waals surface area contributed by atoms with Crippen molar-refractivity contribution in [3.05, 3.63) is 6.54 Å². The standard InChI is InChI=1S/C6H14NO/c1-4-7(8)5-6(2)3/h5-6,8H,4H2,1-3H3. The molecule has 0 saturated carbocycles. The summed E-state index contributed by atoms with van der Waals surface area (Å²) in [6.45, 7) is 8.40. The zero-order chi connectivity index (χ0) is 6.57. The molecule has 0 aliphatic rings. The summed E-state index contributed by atoms with van der Waals surface area (Å²) < 4.78 is 0. The fraction of sp³-hybridized carbons (Fsp3) is 0.833. The van der Waals surface area contributed by atoms with Gasteiger partial charge in [0.1, 0.15) is 0 Å². The molecule has 0 aliphatic heterocycles. The van der Waals surface area contributed by atoms with Crippen LogP contribution in [0, 0.1) is 12.5 Å². The van der Waals surface area contributed by atoms with Gasteiger partial charge >= 0.3 is 0 Å². The van der Waals surface area contributed by atoms with Crippen LogP contribution in [-0.4, -0.2) is 16.8 Å². The van der Waals surface area contributed by atoms with Crippen molar-refractivity contribution in [3.8, 4) is 0 Å². The van der Waals surface area contributed by atoms with Crippen molar-refractivity contribution in [3.63, 3.8) is 0 Å². The second kappa shape index (κ2) is 3.87. The Balaban J connectivity index is 3.10. The SMILES string of the molecule is CCN(O)[CH]C(C)C. The summed E-state index contributed by atoms with van der Waals surface area (Å²) >= 11 is 0. The smallest absolute Gasteiger partial charge is 0.0554 e. The Bertz CT molecular complexity index is 54.5. The van der Waals surface area contributed by atoms with Crippen LogP contribution in [0.5, 0.6) is 0 Å². The van der Waals surface area contributed by atoms with Gasteiger partial charge in [0.05, 0.1) is 6.54 Å². The Hall–Kier alpha value is -0.0800. The lowest BCUT2D eigenvalue weighted by molar-refractivity contribution is -0.0641. The van der Waals surface area contributed by atoms with Gasteiger partial charge in [0.25, 0.3) is 0 Å². The highest BCUT2D eigenvalue weighted by atomic mass is 16.5. The average molecular weight is 116 g/mol. The molecule has 0 aromatic carbocycles. The van der Waals surface area contributed by atoms with Crippen LogP contribution in [0.3, 0.4) is 0 Å². The van der Waals surface area contributed by atoms with Crippen molar-refractivity contribution in [2.24, 2.45) is 5.92 Å². The van der Waals surface area contributed by atoms with E-state index in [1.807, 2.05) is 20.8 Å². The molecule has 0 heterocycles. The van der Waals surface area contributed by atoms with Crippen molar-refractivity contribution in [2.45, 2.75) is 20.8 Å². The van der Waals surface area contributed by atoms with Crippen LogP contribution >= 0.6 is 0 Å². The van der Waals surface area contributed by atoms with E-state index in [9.17, 15) is 0 Å². The summed E-state index contributed by atoms with van der Waals surface area (Å²) in [4.78, 5) is 0. The first kappa shape index (κ1) is 7.92. The molecule has 0 fully saturated rings. The molecule has 8 heavy (non-hydrogen) atoms. The maximum atomic E-state index is 8.81. The van der Waals surface area contributed by atoms with Crippen molar-refractivity contribution in [1.29, 1.82) is 0 Å². The van der Waals surface area contributed by atoms with Crippen LogP contribution in [-0.2, 0) is 0 Å². The highest BCUT2D eigenvalue weighted by Crippen LogP contribution is 1.99. The molecule has 49 valence electrons. The summed E-state index contributed by atoms with van der Waals surface area (Å²) in [6, 6.07) is 0. The Morgan fingerprint density at radius 1 is 1.62 bits per heavy atom. The summed E-state index contributed by atoms with van der Waals surface area (Å²) in [5.74, 6) is 0.431.